The van der Waals surface area contributed by atoms with Crippen LogP contribution >= 0.6 is 27.7 Å². The fraction of sp³-hybridized carbons (Fsp3) is 0.211. The molecule has 0 unspecified atom stereocenters. The molecule has 0 bridgehead atoms. The van der Waals surface area contributed by atoms with E-state index in [0.29, 0.717) is 5.16 Å². The van der Waals surface area contributed by atoms with Gasteiger partial charge in [-0.3, -0.25) is 9.36 Å². The Balaban J connectivity index is 1.72. The van der Waals surface area contributed by atoms with E-state index in [1.807, 2.05) is 66.9 Å². The summed E-state index contributed by atoms with van der Waals surface area (Å²) in [6.07, 6.45) is 0.769. The minimum Gasteiger partial charge on any atom is -0.324 e. The molecule has 0 aliphatic rings. The summed E-state index contributed by atoms with van der Waals surface area (Å²) in [6.45, 7) is 4.05. The van der Waals surface area contributed by atoms with Crippen LogP contribution in [0.15, 0.2) is 58.2 Å². The third-order valence-corrected chi connectivity index (χ3v) is 5.35. The van der Waals surface area contributed by atoms with Crippen molar-refractivity contribution in [2.24, 2.45) is 0 Å². The van der Waals surface area contributed by atoms with Gasteiger partial charge in [0.25, 0.3) is 0 Å². The van der Waals surface area contributed by atoms with Crippen LogP contribution in [-0.2, 0) is 11.2 Å². The van der Waals surface area contributed by atoms with Crippen molar-refractivity contribution in [3.8, 4) is 5.69 Å². The lowest BCUT2D eigenvalue weighted by molar-refractivity contribution is -0.113. The van der Waals surface area contributed by atoms with Crippen LogP contribution in [0.4, 0.5) is 5.69 Å². The predicted octanol–water partition coefficient (Wildman–Crippen LogP) is 4.63. The van der Waals surface area contributed by atoms with Gasteiger partial charge in [0.05, 0.1) is 11.4 Å². The van der Waals surface area contributed by atoms with E-state index in [1.54, 1.807) is 0 Å². The van der Waals surface area contributed by atoms with Crippen molar-refractivity contribution in [2.45, 2.75) is 25.4 Å². The van der Waals surface area contributed by atoms with Gasteiger partial charge in [0.2, 0.25) is 5.91 Å². The molecule has 0 spiro atoms. The molecule has 134 valence electrons. The van der Waals surface area contributed by atoms with E-state index in [-0.39, 0.29) is 11.7 Å². The van der Waals surface area contributed by atoms with E-state index in [2.05, 4.69) is 31.4 Å². The number of amides is 1. The number of benzene rings is 2. The average Bonchev–Trinajstić information content (AvgIpc) is 3.06. The second-order valence-electron chi connectivity index (χ2n) is 5.74. The molecule has 2 aromatic carbocycles. The molecule has 1 amide bonds. The van der Waals surface area contributed by atoms with Gasteiger partial charge < -0.3 is 5.32 Å². The van der Waals surface area contributed by atoms with Crippen molar-refractivity contribution in [1.29, 1.82) is 0 Å². The van der Waals surface area contributed by atoms with Crippen LogP contribution in [0.1, 0.15) is 18.3 Å². The number of rotatable bonds is 6. The van der Waals surface area contributed by atoms with Crippen LogP contribution in [0.5, 0.6) is 0 Å². The maximum absolute atomic E-state index is 12.3. The van der Waals surface area contributed by atoms with Crippen molar-refractivity contribution >= 4 is 39.3 Å². The standard InChI is InChI=1S/C19H19BrN4OS/c1-3-17-22-23-19(24(17)14-7-5-4-6-8-14)26-12-18(25)21-16-10-9-13(2)11-15(16)20/h4-11H,3,12H2,1-2H3,(H,21,25). The van der Waals surface area contributed by atoms with E-state index in [1.165, 1.54) is 11.8 Å². The van der Waals surface area contributed by atoms with E-state index in [9.17, 15) is 4.79 Å². The minimum absolute atomic E-state index is 0.0831. The van der Waals surface area contributed by atoms with Crippen LogP contribution in [0, 0.1) is 6.92 Å². The van der Waals surface area contributed by atoms with Crippen LogP contribution in [-0.4, -0.2) is 26.4 Å². The van der Waals surface area contributed by atoms with Gasteiger partial charge in [-0.25, -0.2) is 0 Å². The van der Waals surface area contributed by atoms with Gasteiger partial charge in [-0.15, -0.1) is 10.2 Å². The first-order valence-electron chi connectivity index (χ1n) is 8.27. The molecular formula is C19H19BrN4OS. The number of para-hydroxylation sites is 1. The molecule has 3 aromatic rings. The number of aryl methyl sites for hydroxylation is 2. The molecule has 3 rings (SSSR count). The van der Waals surface area contributed by atoms with Crippen molar-refractivity contribution < 1.29 is 4.79 Å². The molecular weight excluding hydrogens is 412 g/mol. The Labute approximate surface area is 165 Å². The zero-order chi connectivity index (χ0) is 18.5. The van der Waals surface area contributed by atoms with Crippen LogP contribution in [0.2, 0.25) is 0 Å². The minimum atomic E-state index is -0.0831. The Hall–Kier alpha value is -2.12. The number of hydrogen-bond donors (Lipinski definition) is 1. The quantitative estimate of drug-likeness (QED) is 0.578. The summed E-state index contributed by atoms with van der Waals surface area (Å²) in [5, 5.41) is 12.1. The molecule has 1 heterocycles. The summed E-state index contributed by atoms with van der Waals surface area (Å²) < 4.78 is 2.87. The van der Waals surface area contributed by atoms with E-state index in [0.717, 1.165) is 33.7 Å². The number of carbonyl (C=O) groups is 1. The Morgan fingerprint density at radius 1 is 1.19 bits per heavy atom. The fourth-order valence-electron chi connectivity index (χ4n) is 2.50. The third kappa shape index (κ3) is 4.34. The van der Waals surface area contributed by atoms with Gasteiger partial charge in [-0.05, 0) is 52.7 Å². The lowest BCUT2D eigenvalue weighted by Crippen LogP contribution is -2.15. The zero-order valence-electron chi connectivity index (χ0n) is 14.6. The molecule has 1 N–H and O–H groups in total. The largest absolute Gasteiger partial charge is 0.324 e. The number of nitrogens with one attached hydrogen (secondary N) is 1. The average molecular weight is 431 g/mol. The Bertz CT molecular complexity index is 911. The first kappa shape index (κ1) is 18.7. The van der Waals surface area contributed by atoms with Gasteiger partial charge in [0.1, 0.15) is 5.82 Å². The molecule has 1 aromatic heterocycles. The first-order chi connectivity index (χ1) is 12.6. The molecule has 0 saturated heterocycles. The smallest absolute Gasteiger partial charge is 0.234 e. The molecule has 0 aliphatic carbocycles. The van der Waals surface area contributed by atoms with Crippen LogP contribution in [0.3, 0.4) is 0 Å². The monoisotopic (exact) mass is 430 g/mol. The van der Waals surface area contributed by atoms with Gasteiger partial charge in [0, 0.05) is 16.6 Å². The number of thioether (sulfide) groups is 1. The number of nitrogens with zero attached hydrogens (tertiary/aromatic N) is 3. The molecule has 0 radical (unpaired) electrons. The number of anilines is 1. The molecule has 5 nitrogen and oxygen atoms in total. The third-order valence-electron chi connectivity index (χ3n) is 3.76. The number of aromatic nitrogens is 3. The van der Waals surface area contributed by atoms with Crippen molar-refractivity contribution in [3.05, 3.63) is 64.4 Å². The van der Waals surface area contributed by atoms with Crippen LogP contribution in [0.25, 0.3) is 5.69 Å². The van der Waals surface area contributed by atoms with Crippen molar-refractivity contribution in [2.75, 3.05) is 11.1 Å². The van der Waals surface area contributed by atoms with Crippen molar-refractivity contribution in [1.82, 2.24) is 14.8 Å². The summed E-state index contributed by atoms with van der Waals surface area (Å²) in [5.74, 6) is 1.05. The second-order valence-corrected chi connectivity index (χ2v) is 7.54. The van der Waals surface area contributed by atoms with Gasteiger partial charge in [-0.2, -0.15) is 0 Å². The van der Waals surface area contributed by atoms with Gasteiger partial charge in [-0.1, -0.05) is 43.0 Å². The summed E-state index contributed by atoms with van der Waals surface area (Å²) in [6, 6.07) is 15.8. The number of halogens is 1. The Kier molecular flexibility index (Phi) is 6.11. The highest BCUT2D eigenvalue weighted by atomic mass is 79.9. The molecule has 7 heteroatoms. The fourth-order valence-corrected chi connectivity index (χ4v) is 3.86. The normalized spacial score (nSPS) is 10.7. The maximum Gasteiger partial charge on any atom is 0.234 e. The van der Waals surface area contributed by atoms with Gasteiger partial charge in [0.15, 0.2) is 5.16 Å². The highest BCUT2D eigenvalue weighted by Crippen LogP contribution is 2.25. The highest BCUT2D eigenvalue weighted by molar-refractivity contribution is 9.10. The predicted molar refractivity (Wildman–Crippen MR) is 109 cm³/mol. The van der Waals surface area contributed by atoms with Crippen molar-refractivity contribution in [3.63, 3.8) is 0 Å². The number of hydrogen-bond acceptors (Lipinski definition) is 4. The van der Waals surface area contributed by atoms with E-state index < -0.39 is 0 Å². The molecule has 0 fully saturated rings. The second kappa shape index (κ2) is 8.51. The molecule has 0 saturated carbocycles. The maximum atomic E-state index is 12.3. The summed E-state index contributed by atoms with van der Waals surface area (Å²) in [7, 11) is 0. The lowest BCUT2D eigenvalue weighted by Gasteiger charge is -2.10. The van der Waals surface area contributed by atoms with Gasteiger partial charge >= 0.3 is 0 Å². The van der Waals surface area contributed by atoms with Crippen LogP contribution < -0.4 is 5.32 Å². The highest BCUT2D eigenvalue weighted by Gasteiger charge is 2.15. The summed E-state index contributed by atoms with van der Waals surface area (Å²) >= 11 is 4.85. The summed E-state index contributed by atoms with van der Waals surface area (Å²) in [5.41, 5.74) is 2.89. The molecule has 0 aliphatic heterocycles. The Morgan fingerprint density at radius 2 is 1.96 bits per heavy atom. The molecule has 26 heavy (non-hydrogen) atoms. The van der Waals surface area contributed by atoms with E-state index in [4.69, 9.17) is 0 Å². The lowest BCUT2D eigenvalue weighted by atomic mass is 10.2. The number of carbonyl (C=O) groups excluding carboxylic acids is 1. The SMILES string of the molecule is CCc1nnc(SCC(=O)Nc2ccc(C)cc2Br)n1-c1ccccc1. The molecule has 0 atom stereocenters. The summed E-state index contributed by atoms with van der Waals surface area (Å²) in [4.78, 5) is 12.3. The zero-order valence-corrected chi connectivity index (χ0v) is 17.0. The first-order valence-corrected chi connectivity index (χ1v) is 10.0. The van der Waals surface area contributed by atoms with E-state index >= 15 is 0 Å². The topological polar surface area (TPSA) is 59.8 Å². The Morgan fingerprint density at radius 3 is 2.65 bits per heavy atom.